The lowest BCUT2D eigenvalue weighted by Crippen LogP contribution is -2.33. The summed E-state index contributed by atoms with van der Waals surface area (Å²) in [5.74, 6) is 0. The molecule has 1 atom stereocenters. The van der Waals surface area contributed by atoms with Crippen molar-refractivity contribution in [1.82, 2.24) is 10.2 Å². The van der Waals surface area contributed by atoms with Crippen molar-refractivity contribution in [2.45, 2.75) is 70.9 Å². The summed E-state index contributed by atoms with van der Waals surface area (Å²) in [5.41, 5.74) is 0. The molecule has 1 aliphatic carbocycles. The normalized spacial score (nSPS) is 25.9. The van der Waals surface area contributed by atoms with E-state index in [4.69, 9.17) is 0 Å². The van der Waals surface area contributed by atoms with E-state index in [2.05, 4.69) is 17.3 Å². The van der Waals surface area contributed by atoms with Gasteiger partial charge in [0, 0.05) is 12.1 Å². The maximum Gasteiger partial charge on any atom is 0.00922 e. The number of nitrogens with zero attached hydrogens (tertiary/aromatic N) is 1. The van der Waals surface area contributed by atoms with Gasteiger partial charge in [0.15, 0.2) is 0 Å². The van der Waals surface area contributed by atoms with Crippen LogP contribution in [0.1, 0.15) is 58.8 Å². The minimum Gasteiger partial charge on any atom is -0.314 e. The summed E-state index contributed by atoms with van der Waals surface area (Å²) in [6.07, 6.45) is 9.93. The first-order valence-corrected chi connectivity index (χ1v) is 7.30. The zero-order chi connectivity index (χ0) is 11.8. The standard InChI is InChI=1S/C12H24N2.C2H6/c1-14(12-6-2-3-7-12)10-8-11-5-4-9-13-11;1-2/h11-13H,2-10H2,1H3;1-2H3. The molecule has 0 aromatic rings. The third kappa shape index (κ3) is 4.42. The van der Waals surface area contributed by atoms with E-state index in [1.807, 2.05) is 13.8 Å². The molecule has 1 heterocycles. The highest BCUT2D eigenvalue weighted by atomic mass is 15.1. The van der Waals surface area contributed by atoms with Gasteiger partial charge in [-0.05, 0) is 52.2 Å². The minimum atomic E-state index is 0.818. The van der Waals surface area contributed by atoms with Crippen LogP contribution in [0.25, 0.3) is 0 Å². The lowest BCUT2D eigenvalue weighted by atomic mass is 10.1. The highest BCUT2D eigenvalue weighted by Gasteiger charge is 2.21. The van der Waals surface area contributed by atoms with E-state index < -0.39 is 0 Å². The van der Waals surface area contributed by atoms with Crippen molar-refractivity contribution in [2.75, 3.05) is 20.1 Å². The molecule has 0 amide bonds. The first kappa shape index (κ1) is 14.0. The zero-order valence-electron chi connectivity index (χ0n) is 11.5. The van der Waals surface area contributed by atoms with E-state index in [0.717, 1.165) is 12.1 Å². The Hall–Kier alpha value is -0.0800. The molecule has 0 bridgehead atoms. The van der Waals surface area contributed by atoms with Crippen LogP contribution in [0.4, 0.5) is 0 Å². The van der Waals surface area contributed by atoms with Gasteiger partial charge >= 0.3 is 0 Å². The predicted octanol–water partition coefficient (Wildman–Crippen LogP) is 3.03. The van der Waals surface area contributed by atoms with E-state index in [1.54, 1.807) is 0 Å². The molecule has 0 spiro atoms. The monoisotopic (exact) mass is 226 g/mol. The fraction of sp³-hybridized carbons (Fsp3) is 1.00. The Morgan fingerprint density at radius 1 is 1.06 bits per heavy atom. The van der Waals surface area contributed by atoms with Crippen molar-refractivity contribution in [3.8, 4) is 0 Å². The lowest BCUT2D eigenvalue weighted by molar-refractivity contribution is 0.234. The average Bonchev–Trinajstić information content (AvgIpc) is 3.01. The molecule has 16 heavy (non-hydrogen) atoms. The van der Waals surface area contributed by atoms with Gasteiger partial charge in [0.25, 0.3) is 0 Å². The minimum absolute atomic E-state index is 0.818. The highest BCUT2D eigenvalue weighted by molar-refractivity contribution is 4.79. The molecule has 2 fully saturated rings. The molecule has 2 aliphatic rings. The van der Waals surface area contributed by atoms with Gasteiger partial charge < -0.3 is 10.2 Å². The Bertz CT molecular complexity index is 158. The summed E-state index contributed by atoms with van der Waals surface area (Å²) < 4.78 is 0. The van der Waals surface area contributed by atoms with Gasteiger partial charge in [-0.25, -0.2) is 0 Å². The van der Waals surface area contributed by atoms with E-state index in [-0.39, 0.29) is 0 Å². The van der Waals surface area contributed by atoms with Gasteiger partial charge in [0.1, 0.15) is 0 Å². The fourth-order valence-electron chi connectivity index (χ4n) is 2.89. The average molecular weight is 226 g/mol. The predicted molar refractivity (Wildman–Crippen MR) is 71.9 cm³/mol. The van der Waals surface area contributed by atoms with Gasteiger partial charge in [-0.15, -0.1) is 0 Å². The molecular formula is C14H30N2. The Morgan fingerprint density at radius 2 is 1.75 bits per heavy atom. The van der Waals surface area contributed by atoms with E-state index in [9.17, 15) is 0 Å². The largest absolute Gasteiger partial charge is 0.314 e. The van der Waals surface area contributed by atoms with Gasteiger partial charge in [-0.2, -0.15) is 0 Å². The third-order valence-corrected chi connectivity index (χ3v) is 3.94. The van der Waals surface area contributed by atoms with Gasteiger partial charge in [-0.3, -0.25) is 0 Å². The molecule has 0 radical (unpaired) electrons. The molecule has 1 saturated heterocycles. The smallest absolute Gasteiger partial charge is 0.00922 e. The van der Waals surface area contributed by atoms with Crippen LogP contribution in [0.5, 0.6) is 0 Å². The quantitative estimate of drug-likeness (QED) is 0.792. The molecule has 1 N–H and O–H groups in total. The molecule has 96 valence electrons. The van der Waals surface area contributed by atoms with Crippen LogP contribution in [0, 0.1) is 0 Å². The van der Waals surface area contributed by atoms with E-state index in [1.165, 1.54) is 58.0 Å². The molecule has 2 nitrogen and oxygen atoms in total. The van der Waals surface area contributed by atoms with Crippen LogP contribution in [0.15, 0.2) is 0 Å². The summed E-state index contributed by atoms with van der Waals surface area (Å²) in [4.78, 5) is 2.59. The molecule has 0 aromatic heterocycles. The van der Waals surface area contributed by atoms with Crippen molar-refractivity contribution in [1.29, 1.82) is 0 Å². The number of hydrogen-bond donors (Lipinski definition) is 1. The summed E-state index contributed by atoms with van der Waals surface area (Å²) in [7, 11) is 2.31. The first-order valence-electron chi connectivity index (χ1n) is 7.30. The van der Waals surface area contributed by atoms with Crippen LogP contribution < -0.4 is 5.32 Å². The van der Waals surface area contributed by atoms with Crippen molar-refractivity contribution in [3.05, 3.63) is 0 Å². The van der Waals surface area contributed by atoms with Crippen molar-refractivity contribution in [2.24, 2.45) is 0 Å². The molecular weight excluding hydrogens is 196 g/mol. The molecule has 2 rings (SSSR count). The maximum absolute atomic E-state index is 3.58. The first-order chi connectivity index (χ1) is 7.86. The van der Waals surface area contributed by atoms with E-state index in [0.29, 0.717) is 0 Å². The Kier molecular flexibility index (Phi) is 7.06. The molecule has 1 aliphatic heterocycles. The zero-order valence-corrected chi connectivity index (χ0v) is 11.5. The van der Waals surface area contributed by atoms with E-state index >= 15 is 0 Å². The molecule has 0 aromatic carbocycles. The number of rotatable bonds is 4. The molecule has 2 heteroatoms. The van der Waals surface area contributed by atoms with Crippen molar-refractivity contribution < 1.29 is 0 Å². The van der Waals surface area contributed by atoms with Gasteiger partial charge in [0.2, 0.25) is 0 Å². The fourth-order valence-corrected chi connectivity index (χ4v) is 2.89. The van der Waals surface area contributed by atoms with Gasteiger partial charge in [0.05, 0.1) is 0 Å². The second kappa shape index (κ2) is 8.08. The van der Waals surface area contributed by atoms with Crippen LogP contribution in [0.2, 0.25) is 0 Å². The molecule has 1 unspecified atom stereocenters. The maximum atomic E-state index is 3.58. The number of hydrogen-bond acceptors (Lipinski definition) is 2. The third-order valence-electron chi connectivity index (χ3n) is 3.94. The second-order valence-electron chi connectivity index (χ2n) is 5.00. The van der Waals surface area contributed by atoms with Crippen LogP contribution >= 0.6 is 0 Å². The topological polar surface area (TPSA) is 15.3 Å². The Morgan fingerprint density at radius 3 is 2.31 bits per heavy atom. The van der Waals surface area contributed by atoms with Gasteiger partial charge in [-0.1, -0.05) is 26.7 Å². The SMILES string of the molecule is CC.CN(CCC1CCCN1)C1CCCC1. The Balaban J connectivity index is 0.000000606. The summed E-state index contributed by atoms with van der Waals surface area (Å²) >= 11 is 0. The van der Waals surface area contributed by atoms with Crippen molar-refractivity contribution >= 4 is 0 Å². The summed E-state index contributed by atoms with van der Waals surface area (Å²) in [5, 5.41) is 3.58. The van der Waals surface area contributed by atoms with Crippen LogP contribution in [-0.2, 0) is 0 Å². The second-order valence-corrected chi connectivity index (χ2v) is 5.00. The highest BCUT2D eigenvalue weighted by Crippen LogP contribution is 2.22. The lowest BCUT2D eigenvalue weighted by Gasteiger charge is -2.25. The van der Waals surface area contributed by atoms with Crippen molar-refractivity contribution in [3.63, 3.8) is 0 Å². The van der Waals surface area contributed by atoms with Crippen LogP contribution in [0.3, 0.4) is 0 Å². The summed E-state index contributed by atoms with van der Waals surface area (Å²) in [6, 6.07) is 1.72. The number of nitrogens with one attached hydrogen (secondary N) is 1. The summed E-state index contributed by atoms with van der Waals surface area (Å²) in [6.45, 7) is 6.54. The molecule has 1 saturated carbocycles. The Labute approximate surface area is 102 Å². The van der Waals surface area contributed by atoms with Crippen LogP contribution in [-0.4, -0.2) is 37.1 Å².